The minimum atomic E-state index is -1.37. The van der Waals surface area contributed by atoms with E-state index >= 15 is 0 Å². The molecule has 2 aromatic rings. The van der Waals surface area contributed by atoms with Crippen LogP contribution in [-0.2, 0) is 25.6 Å². The van der Waals surface area contributed by atoms with Gasteiger partial charge in [0.1, 0.15) is 55.4 Å². The SMILES string of the molecule is C[C@@H]1NC(=O)[C@@H](N(C)C(=O)[C@H](CCN)NC(=O)NCl)c2ccc(OCCN)c(c2)-c2cc(ccc2OCCN)C[C@@H](C(=O)NCC#N)NC1=O. The minimum absolute atomic E-state index is 0.0117. The molecule has 0 saturated carbocycles. The van der Waals surface area contributed by atoms with Crippen molar-refractivity contribution in [3.05, 3.63) is 47.5 Å². The molecule has 1 aliphatic rings. The van der Waals surface area contributed by atoms with Crippen molar-refractivity contribution in [3.8, 4) is 28.7 Å². The van der Waals surface area contributed by atoms with Crippen molar-refractivity contribution in [2.75, 3.05) is 46.4 Å². The number of carbonyl (C=O) groups is 5. The molecule has 0 fully saturated rings. The van der Waals surface area contributed by atoms with Crippen LogP contribution in [-0.4, -0.2) is 99.1 Å². The van der Waals surface area contributed by atoms with Crippen LogP contribution in [0.2, 0.25) is 0 Å². The molecule has 270 valence electrons. The highest BCUT2D eigenvalue weighted by Gasteiger charge is 2.36. The molecule has 1 heterocycles. The topological polar surface area (TPSA) is 269 Å². The quantitative estimate of drug-likeness (QED) is 0.0910. The molecular weight excluding hydrogens is 672 g/mol. The van der Waals surface area contributed by atoms with Gasteiger partial charge < -0.3 is 52.8 Å². The van der Waals surface area contributed by atoms with E-state index in [0.29, 0.717) is 33.8 Å². The maximum atomic E-state index is 14.1. The number of nitriles is 1. The first-order chi connectivity index (χ1) is 24.0. The summed E-state index contributed by atoms with van der Waals surface area (Å²) in [6, 6.07) is 6.16. The third kappa shape index (κ3) is 10.2. The van der Waals surface area contributed by atoms with Crippen molar-refractivity contribution in [1.29, 1.82) is 5.26 Å². The molecule has 4 bridgehead atoms. The largest absolute Gasteiger partial charge is 0.492 e. The van der Waals surface area contributed by atoms with Gasteiger partial charge >= 0.3 is 6.03 Å². The van der Waals surface area contributed by atoms with Crippen molar-refractivity contribution in [2.24, 2.45) is 17.2 Å². The van der Waals surface area contributed by atoms with Gasteiger partial charge in [0.15, 0.2) is 0 Å². The van der Waals surface area contributed by atoms with Crippen LogP contribution in [0.4, 0.5) is 4.79 Å². The van der Waals surface area contributed by atoms with E-state index in [0.717, 1.165) is 4.90 Å². The molecule has 18 heteroatoms. The summed E-state index contributed by atoms with van der Waals surface area (Å²) in [7, 11) is 1.37. The summed E-state index contributed by atoms with van der Waals surface area (Å²) >= 11 is 5.44. The number of hydrogen-bond acceptors (Lipinski definition) is 11. The maximum absolute atomic E-state index is 14.1. The number of ether oxygens (including phenoxy) is 2. The number of carbonyl (C=O) groups excluding carboxylic acids is 5. The average molecular weight is 715 g/mol. The van der Waals surface area contributed by atoms with Crippen molar-refractivity contribution in [2.45, 2.75) is 43.9 Å². The fourth-order valence-electron chi connectivity index (χ4n) is 5.32. The van der Waals surface area contributed by atoms with Gasteiger partial charge in [-0.15, -0.1) is 0 Å². The van der Waals surface area contributed by atoms with Crippen molar-refractivity contribution in [3.63, 3.8) is 0 Å². The predicted octanol–water partition coefficient (Wildman–Crippen LogP) is -1.12. The van der Waals surface area contributed by atoms with Crippen molar-refractivity contribution >= 4 is 41.4 Å². The number of nitrogens with one attached hydrogen (secondary N) is 5. The van der Waals surface area contributed by atoms with E-state index in [1.54, 1.807) is 36.4 Å². The number of nitrogens with two attached hydrogens (primary N) is 3. The number of likely N-dealkylation sites (N-methyl/N-ethyl adjacent to an activating group) is 1. The third-order valence-electron chi connectivity index (χ3n) is 7.70. The lowest BCUT2D eigenvalue weighted by molar-refractivity contribution is -0.141. The molecule has 2 aromatic carbocycles. The Hall–Kier alpha value is -5.15. The average Bonchev–Trinajstić information content (AvgIpc) is 3.11. The van der Waals surface area contributed by atoms with E-state index in [2.05, 4.69) is 21.3 Å². The Bertz CT molecular complexity index is 1590. The lowest BCUT2D eigenvalue weighted by atomic mass is 9.93. The van der Waals surface area contributed by atoms with E-state index in [-0.39, 0.29) is 52.2 Å². The Morgan fingerprint density at radius 2 is 1.64 bits per heavy atom. The van der Waals surface area contributed by atoms with Gasteiger partial charge in [0.05, 0.1) is 6.07 Å². The zero-order valence-corrected chi connectivity index (χ0v) is 28.5. The first-order valence-electron chi connectivity index (χ1n) is 15.8. The number of urea groups is 1. The van der Waals surface area contributed by atoms with Crippen LogP contribution in [0.25, 0.3) is 11.1 Å². The predicted molar refractivity (Wildman–Crippen MR) is 183 cm³/mol. The molecule has 0 saturated heterocycles. The van der Waals surface area contributed by atoms with Gasteiger partial charge in [-0.1, -0.05) is 12.1 Å². The Morgan fingerprint density at radius 1 is 1.00 bits per heavy atom. The highest BCUT2D eigenvalue weighted by molar-refractivity contribution is 6.21. The number of amides is 6. The van der Waals surface area contributed by atoms with E-state index in [9.17, 15) is 24.0 Å². The number of halogens is 1. The fraction of sp³-hybridized carbons (Fsp3) is 0.438. The van der Waals surface area contributed by atoms with Gasteiger partial charge in [-0.3, -0.25) is 19.2 Å². The number of fused-ring (bicyclic) bond motifs is 5. The molecule has 0 spiro atoms. The smallest absolute Gasteiger partial charge is 0.329 e. The summed E-state index contributed by atoms with van der Waals surface area (Å²) in [6.45, 7) is 1.85. The molecule has 3 rings (SSSR count). The monoisotopic (exact) mass is 714 g/mol. The molecular formula is C32H43ClN10O7. The number of nitrogens with zero attached hydrogens (tertiary/aromatic N) is 2. The number of benzene rings is 2. The summed E-state index contributed by atoms with van der Waals surface area (Å²) in [5, 5.41) is 19.2. The van der Waals surface area contributed by atoms with E-state index in [4.69, 9.17) is 43.7 Å². The van der Waals surface area contributed by atoms with Crippen LogP contribution in [0.3, 0.4) is 0 Å². The van der Waals surface area contributed by atoms with Crippen LogP contribution >= 0.6 is 11.8 Å². The summed E-state index contributed by atoms with van der Waals surface area (Å²) in [5.74, 6) is -1.98. The van der Waals surface area contributed by atoms with E-state index in [1.165, 1.54) is 14.0 Å². The highest BCUT2D eigenvalue weighted by atomic mass is 35.5. The second kappa shape index (κ2) is 19.1. The lowest BCUT2D eigenvalue weighted by Gasteiger charge is -2.32. The van der Waals surface area contributed by atoms with Crippen LogP contribution in [0.1, 0.15) is 30.5 Å². The van der Waals surface area contributed by atoms with Crippen molar-refractivity contribution < 1.29 is 33.4 Å². The molecule has 0 unspecified atom stereocenters. The standard InChI is InChI=1S/C32H43ClN10O7/c1-18-28(44)40-24(29(45)38-12-9-35)16-19-3-5-25(49-13-10-36)21(15-19)22-17-20(4-6-26(22)50-14-11-37)27(30(46)39-18)43(2)31(47)23(7-8-34)41-32(48)42-33/h3-6,15,17-18,23-24,27H,7-8,10-14,16,34,36-37H2,1-2H3,(H,38,45)(H,39,46)(H,40,44)(H2,41,42,48)/t18-,23-,24-,27-/m0/s1. The molecule has 6 amide bonds. The normalized spacial score (nSPS) is 17.8. The van der Waals surface area contributed by atoms with Crippen LogP contribution < -0.4 is 52.8 Å². The van der Waals surface area contributed by atoms with Gasteiger partial charge in [0, 0.05) is 49.5 Å². The third-order valence-corrected chi connectivity index (χ3v) is 7.87. The summed E-state index contributed by atoms with van der Waals surface area (Å²) < 4.78 is 12.0. The molecule has 4 atom stereocenters. The molecule has 17 nitrogen and oxygen atoms in total. The Balaban J connectivity index is 2.30. The zero-order chi connectivity index (χ0) is 36.8. The molecule has 11 N–H and O–H groups in total. The van der Waals surface area contributed by atoms with Crippen LogP contribution in [0.15, 0.2) is 36.4 Å². The van der Waals surface area contributed by atoms with Gasteiger partial charge in [0.2, 0.25) is 23.6 Å². The van der Waals surface area contributed by atoms with Crippen molar-refractivity contribution in [1.82, 2.24) is 31.0 Å². The van der Waals surface area contributed by atoms with E-state index < -0.39 is 53.8 Å². The lowest BCUT2D eigenvalue weighted by Crippen LogP contribution is -2.56. The Kier molecular flexibility index (Phi) is 15.0. The molecule has 50 heavy (non-hydrogen) atoms. The first kappa shape index (κ1) is 39.3. The Morgan fingerprint density at radius 3 is 2.24 bits per heavy atom. The van der Waals surface area contributed by atoms with Gasteiger partial charge in [-0.05, 0) is 55.3 Å². The zero-order valence-electron chi connectivity index (χ0n) is 27.8. The molecule has 0 aliphatic carbocycles. The molecule has 1 aliphatic heterocycles. The molecule has 0 aromatic heterocycles. The first-order valence-corrected chi connectivity index (χ1v) is 16.2. The maximum Gasteiger partial charge on any atom is 0.329 e. The van der Waals surface area contributed by atoms with Gasteiger partial charge in [-0.2, -0.15) is 5.26 Å². The summed E-state index contributed by atoms with van der Waals surface area (Å²) in [5.41, 5.74) is 19.1. The number of hydrogen-bond donors (Lipinski definition) is 8. The second-order valence-electron chi connectivity index (χ2n) is 11.3. The highest BCUT2D eigenvalue weighted by Crippen LogP contribution is 2.40. The van der Waals surface area contributed by atoms with Crippen LogP contribution in [0, 0.1) is 11.3 Å². The van der Waals surface area contributed by atoms with Gasteiger partial charge in [-0.25, -0.2) is 9.63 Å². The summed E-state index contributed by atoms with van der Waals surface area (Å²) in [6.07, 6.45) is 0.0272. The number of rotatable bonds is 13. The van der Waals surface area contributed by atoms with Gasteiger partial charge in [0.25, 0.3) is 0 Å². The second-order valence-corrected chi connectivity index (χ2v) is 11.5. The Labute approximate surface area is 294 Å². The molecule has 0 radical (unpaired) electrons. The van der Waals surface area contributed by atoms with Crippen LogP contribution in [0.5, 0.6) is 11.5 Å². The minimum Gasteiger partial charge on any atom is -0.492 e. The van der Waals surface area contributed by atoms with E-state index in [1.807, 2.05) is 10.9 Å². The summed E-state index contributed by atoms with van der Waals surface area (Å²) in [4.78, 5) is 69.6. The fourth-order valence-corrected chi connectivity index (χ4v) is 5.37.